The molecule has 1 saturated carbocycles. The first-order valence-electron chi connectivity index (χ1n) is 7.92. The highest BCUT2D eigenvalue weighted by molar-refractivity contribution is 5.58. The fourth-order valence-electron chi connectivity index (χ4n) is 3.27. The Morgan fingerprint density at radius 3 is 2.48 bits per heavy atom. The molecular weight excluding hydrogens is 264 g/mol. The highest BCUT2D eigenvalue weighted by atomic mass is 16.3. The van der Waals surface area contributed by atoms with Gasteiger partial charge in [0.15, 0.2) is 5.82 Å². The summed E-state index contributed by atoms with van der Waals surface area (Å²) >= 11 is 0. The molecule has 0 aromatic carbocycles. The van der Waals surface area contributed by atoms with Gasteiger partial charge in [-0.05, 0) is 31.2 Å². The van der Waals surface area contributed by atoms with Crippen LogP contribution < -0.4 is 4.90 Å². The summed E-state index contributed by atoms with van der Waals surface area (Å²) < 4.78 is 0. The minimum absolute atomic E-state index is 0.0695. The Balaban J connectivity index is 2.46. The molecule has 1 N–H and O–H groups in total. The predicted molar refractivity (Wildman–Crippen MR) is 82.2 cm³/mol. The van der Waals surface area contributed by atoms with E-state index in [-0.39, 0.29) is 6.61 Å². The van der Waals surface area contributed by atoms with Crippen molar-refractivity contribution in [2.24, 2.45) is 0 Å². The van der Waals surface area contributed by atoms with Crippen molar-refractivity contribution in [3.05, 3.63) is 16.8 Å². The smallest absolute Gasteiger partial charge is 0.169 e. The van der Waals surface area contributed by atoms with E-state index in [4.69, 9.17) is 0 Å². The summed E-state index contributed by atoms with van der Waals surface area (Å²) in [5, 5.41) is 27.6. The summed E-state index contributed by atoms with van der Waals surface area (Å²) in [5.74, 6) is 0.660. The zero-order valence-corrected chi connectivity index (χ0v) is 13.0. The van der Waals surface area contributed by atoms with E-state index in [1.807, 2.05) is 13.8 Å². The van der Waals surface area contributed by atoms with Gasteiger partial charge < -0.3 is 10.0 Å². The van der Waals surface area contributed by atoms with Crippen LogP contribution in [0.5, 0.6) is 0 Å². The van der Waals surface area contributed by atoms with E-state index in [2.05, 4.69) is 21.2 Å². The highest BCUT2D eigenvalue weighted by Gasteiger charge is 2.27. The Morgan fingerprint density at radius 2 is 1.95 bits per heavy atom. The summed E-state index contributed by atoms with van der Waals surface area (Å²) in [6.07, 6.45) is 6.18. The zero-order valence-electron chi connectivity index (χ0n) is 13.0. The fourth-order valence-corrected chi connectivity index (χ4v) is 3.27. The average Bonchev–Trinajstić information content (AvgIpc) is 3.05. The minimum Gasteiger partial charge on any atom is -0.395 e. The van der Waals surface area contributed by atoms with Crippen LogP contribution in [0.25, 0.3) is 0 Å². The fraction of sp³-hybridized carbons (Fsp3) is 0.688. The lowest BCUT2D eigenvalue weighted by Crippen LogP contribution is -2.37. The summed E-state index contributed by atoms with van der Waals surface area (Å²) in [5.41, 5.74) is 2.56. The van der Waals surface area contributed by atoms with Crippen molar-refractivity contribution in [3.63, 3.8) is 0 Å². The van der Waals surface area contributed by atoms with Crippen LogP contribution in [0.3, 0.4) is 0 Å². The topological polar surface area (TPSA) is 73.0 Å². The Bertz CT molecular complexity index is 518. The summed E-state index contributed by atoms with van der Waals surface area (Å²) in [7, 11) is 0. The third-order valence-corrected chi connectivity index (χ3v) is 4.32. The first-order valence-corrected chi connectivity index (χ1v) is 7.92. The highest BCUT2D eigenvalue weighted by Crippen LogP contribution is 2.30. The number of hydrogen-bond acceptors (Lipinski definition) is 5. The number of hydrogen-bond donors (Lipinski definition) is 1. The van der Waals surface area contributed by atoms with Crippen LogP contribution in [0.4, 0.5) is 5.82 Å². The van der Waals surface area contributed by atoms with Crippen molar-refractivity contribution in [2.45, 2.75) is 58.4 Å². The van der Waals surface area contributed by atoms with Gasteiger partial charge >= 0.3 is 0 Å². The maximum absolute atomic E-state index is 9.60. The SMILES string of the molecule is CCc1nnc(N(CCO)C2CCCC2)c(C#N)c1CC. The predicted octanol–water partition coefficient (Wildman–Crippen LogP) is 2.21. The number of aromatic nitrogens is 2. The second-order valence-corrected chi connectivity index (χ2v) is 5.50. The van der Waals surface area contributed by atoms with Crippen molar-refractivity contribution in [1.82, 2.24) is 10.2 Å². The van der Waals surface area contributed by atoms with Gasteiger partial charge in [0.25, 0.3) is 0 Å². The average molecular weight is 288 g/mol. The lowest BCUT2D eigenvalue weighted by Gasteiger charge is -2.30. The molecule has 0 aliphatic heterocycles. The van der Waals surface area contributed by atoms with Crippen molar-refractivity contribution >= 4 is 5.82 Å². The van der Waals surface area contributed by atoms with Crippen LogP contribution in [-0.2, 0) is 12.8 Å². The molecule has 5 nitrogen and oxygen atoms in total. The van der Waals surface area contributed by atoms with Crippen molar-refractivity contribution in [2.75, 3.05) is 18.1 Å². The minimum atomic E-state index is 0.0695. The summed E-state index contributed by atoms with van der Waals surface area (Å²) in [4.78, 5) is 2.09. The van der Waals surface area contributed by atoms with Crippen molar-refractivity contribution in [1.29, 1.82) is 5.26 Å². The second kappa shape index (κ2) is 7.37. The molecule has 1 heterocycles. The van der Waals surface area contributed by atoms with E-state index in [1.165, 1.54) is 12.8 Å². The van der Waals surface area contributed by atoms with Gasteiger partial charge in [-0.25, -0.2) is 0 Å². The lowest BCUT2D eigenvalue weighted by molar-refractivity contribution is 0.296. The number of rotatable bonds is 6. The molecule has 1 aromatic heterocycles. The van der Waals surface area contributed by atoms with E-state index in [9.17, 15) is 10.4 Å². The molecule has 1 aliphatic carbocycles. The molecule has 0 radical (unpaired) electrons. The molecule has 114 valence electrons. The van der Waals surface area contributed by atoms with E-state index < -0.39 is 0 Å². The van der Waals surface area contributed by atoms with Gasteiger partial charge in [-0.1, -0.05) is 26.7 Å². The number of nitrogens with zero attached hydrogens (tertiary/aromatic N) is 4. The number of aliphatic hydroxyl groups is 1. The molecule has 1 fully saturated rings. The molecule has 1 aliphatic rings. The van der Waals surface area contributed by atoms with Gasteiger partial charge in [0.1, 0.15) is 11.6 Å². The maximum Gasteiger partial charge on any atom is 0.169 e. The molecule has 0 spiro atoms. The standard InChI is InChI=1S/C16H24N4O/c1-3-13-14(11-17)16(19-18-15(13)4-2)20(9-10-21)12-7-5-6-8-12/h12,21H,3-10H2,1-2H3. The molecule has 0 atom stereocenters. The molecule has 1 aromatic rings. The van der Waals surface area contributed by atoms with Gasteiger partial charge in [-0.3, -0.25) is 0 Å². The van der Waals surface area contributed by atoms with Gasteiger partial charge in [-0.2, -0.15) is 10.4 Å². The Labute approximate surface area is 126 Å². The Morgan fingerprint density at radius 1 is 1.24 bits per heavy atom. The quantitative estimate of drug-likeness (QED) is 0.869. The van der Waals surface area contributed by atoms with Gasteiger partial charge in [-0.15, -0.1) is 5.10 Å². The molecule has 0 unspecified atom stereocenters. The summed E-state index contributed by atoms with van der Waals surface area (Å²) in [6.45, 7) is 4.67. The zero-order chi connectivity index (χ0) is 15.2. The molecule has 0 amide bonds. The van der Waals surface area contributed by atoms with E-state index >= 15 is 0 Å². The first-order chi connectivity index (χ1) is 10.3. The number of nitriles is 1. The Kier molecular flexibility index (Phi) is 5.51. The van der Waals surface area contributed by atoms with Gasteiger partial charge in [0.2, 0.25) is 0 Å². The van der Waals surface area contributed by atoms with Crippen LogP contribution in [-0.4, -0.2) is 34.5 Å². The monoisotopic (exact) mass is 288 g/mol. The number of aliphatic hydroxyl groups excluding tert-OH is 1. The van der Waals surface area contributed by atoms with E-state index in [0.29, 0.717) is 24.0 Å². The molecule has 2 rings (SSSR count). The maximum atomic E-state index is 9.60. The van der Waals surface area contributed by atoms with Crippen LogP contribution in [0, 0.1) is 11.3 Å². The normalized spacial score (nSPS) is 15.1. The molecule has 5 heteroatoms. The van der Waals surface area contributed by atoms with Crippen LogP contribution in [0.15, 0.2) is 0 Å². The van der Waals surface area contributed by atoms with Gasteiger partial charge in [0.05, 0.1) is 12.3 Å². The van der Waals surface area contributed by atoms with Crippen molar-refractivity contribution < 1.29 is 5.11 Å². The van der Waals surface area contributed by atoms with E-state index in [0.717, 1.165) is 36.9 Å². The summed E-state index contributed by atoms with van der Waals surface area (Å²) in [6, 6.07) is 2.70. The molecule has 0 bridgehead atoms. The Hall–Kier alpha value is -1.67. The third-order valence-electron chi connectivity index (χ3n) is 4.32. The number of aryl methyl sites for hydroxylation is 1. The number of anilines is 1. The van der Waals surface area contributed by atoms with Crippen LogP contribution in [0.1, 0.15) is 56.4 Å². The molecule has 0 saturated heterocycles. The second-order valence-electron chi connectivity index (χ2n) is 5.50. The lowest BCUT2D eigenvalue weighted by atomic mass is 10.0. The molecule has 21 heavy (non-hydrogen) atoms. The van der Waals surface area contributed by atoms with Gasteiger partial charge in [0, 0.05) is 12.6 Å². The first kappa shape index (κ1) is 15.7. The van der Waals surface area contributed by atoms with Crippen LogP contribution in [0.2, 0.25) is 0 Å². The van der Waals surface area contributed by atoms with Crippen LogP contribution >= 0.6 is 0 Å². The third kappa shape index (κ3) is 3.16. The van der Waals surface area contributed by atoms with Crippen molar-refractivity contribution in [3.8, 4) is 6.07 Å². The largest absolute Gasteiger partial charge is 0.395 e. The molecular formula is C16H24N4O. The van der Waals surface area contributed by atoms with E-state index in [1.54, 1.807) is 0 Å².